The number of nitrogens with one attached hydrogen (secondary N) is 1. The van der Waals surface area contributed by atoms with Crippen LogP contribution in [0.15, 0.2) is 58.8 Å². The van der Waals surface area contributed by atoms with E-state index in [1.807, 2.05) is 23.6 Å². The number of benzene rings is 2. The Labute approximate surface area is 146 Å². The van der Waals surface area contributed by atoms with Crippen molar-refractivity contribution in [2.45, 2.75) is 4.90 Å². The minimum atomic E-state index is -0.292. The summed E-state index contributed by atoms with van der Waals surface area (Å²) in [5, 5.41) is 5.11. The number of hydrogen-bond acceptors (Lipinski definition) is 5. The Morgan fingerprint density at radius 3 is 2.71 bits per heavy atom. The molecule has 0 aliphatic rings. The van der Waals surface area contributed by atoms with E-state index in [-0.39, 0.29) is 17.5 Å². The van der Waals surface area contributed by atoms with Crippen LogP contribution < -0.4 is 11.1 Å². The topological polar surface area (TPSA) is 68.0 Å². The first-order chi connectivity index (χ1) is 11.6. The quantitative estimate of drug-likeness (QED) is 0.527. The molecule has 7 heteroatoms. The molecule has 0 aliphatic heterocycles. The van der Waals surface area contributed by atoms with Gasteiger partial charge in [-0.1, -0.05) is 12.1 Å². The average Bonchev–Trinajstić information content (AvgIpc) is 3.03. The van der Waals surface area contributed by atoms with Crippen LogP contribution >= 0.6 is 23.1 Å². The second kappa shape index (κ2) is 7.46. The monoisotopic (exact) mass is 359 g/mol. The minimum absolute atomic E-state index is 0.150. The Hall–Kier alpha value is -2.38. The Balaban J connectivity index is 1.59. The Morgan fingerprint density at radius 2 is 1.96 bits per heavy atom. The van der Waals surface area contributed by atoms with Gasteiger partial charge >= 0.3 is 0 Å². The van der Waals surface area contributed by atoms with Crippen molar-refractivity contribution in [3.8, 4) is 11.3 Å². The summed E-state index contributed by atoms with van der Waals surface area (Å²) in [6, 6.07) is 13.5. The third kappa shape index (κ3) is 4.12. The smallest absolute Gasteiger partial charge is 0.236 e. The maximum atomic E-state index is 12.9. The highest BCUT2D eigenvalue weighted by atomic mass is 32.2. The van der Waals surface area contributed by atoms with Gasteiger partial charge in [0, 0.05) is 21.5 Å². The van der Waals surface area contributed by atoms with E-state index >= 15 is 0 Å². The van der Waals surface area contributed by atoms with Crippen molar-refractivity contribution in [2.75, 3.05) is 16.8 Å². The van der Waals surface area contributed by atoms with Crippen LogP contribution in [0.5, 0.6) is 0 Å². The van der Waals surface area contributed by atoms with Gasteiger partial charge in [-0.2, -0.15) is 0 Å². The lowest BCUT2D eigenvalue weighted by molar-refractivity contribution is -0.113. The molecular formula is C17H14FN3OS2. The van der Waals surface area contributed by atoms with Gasteiger partial charge in [-0.3, -0.25) is 4.79 Å². The molecule has 0 atom stereocenters. The third-order valence-corrected chi connectivity index (χ3v) is 5.02. The second-order valence-corrected chi connectivity index (χ2v) is 6.79. The predicted molar refractivity (Wildman–Crippen MR) is 97.7 cm³/mol. The lowest BCUT2D eigenvalue weighted by atomic mass is 10.2. The van der Waals surface area contributed by atoms with Crippen LogP contribution in [0.2, 0.25) is 0 Å². The van der Waals surface area contributed by atoms with Crippen LogP contribution in [0.1, 0.15) is 0 Å². The summed E-state index contributed by atoms with van der Waals surface area (Å²) in [5.41, 5.74) is 8.01. The molecule has 0 radical (unpaired) electrons. The number of carbonyl (C=O) groups excluding carboxylic acids is 1. The largest absolute Gasteiger partial charge is 0.398 e. The van der Waals surface area contributed by atoms with Gasteiger partial charge < -0.3 is 11.1 Å². The van der Waals surface area contributed by atoms with Gasteiger partial charge in [0.2, 0.25) is 5.91 Å². The Kier molecular flexibility index (Phi) is 5.12. The van der Waals surface area contributed by atoms with E-state index in [4.69, 9.17) is 5.73 Å². The van der Waals surface area contributed by atoms with E-state index in [1.54, 1.807) is 18.2 Å². The molecule has 0 spiro atoms. The predicted octanol–water partition coefficient (Wildman–Crippen LogP) is 4.26. The van der Waals surface area contributed by atoms with Crippen LogP contribution in [0.25, 0.3) is 11.3 Å². The first-order valence-electron chi connectivity index (χ1n) is 7.10. The number of nitrogens with two attached hydrogens (primary N) is 1. The average molecular weight is 359 g/mol. The van der Waals surface area contributed by atoms with E-state index in [9.17, 15) is 9.18 Å². The van der Waals surface area contributed by atoms with E-state index in [1.165, 1.54) is 35.2 Å². The molecule has 0 bridgehead atoms. The maximum Gasteiger partial charge on any atom is 0.236 e. The minimum Gasteiger partial charge on any atom is -0.398 e. The maximum absolute atomic E-state index is 12.9. The van der Waals surface area contributed by atoms with Crippen LogP contribution in [0.4, 0.5) is 15.2 Å². The van der Waals surface area contributed by atoms with Crippen molar-refractivity contribution >= 4 is 39.8 Å². The number of para-hydroxylation sites is 1. The first-order valence-corrected chi connectivity index (χ1v) is 8.97. The van der Waals surface area contributed by atoms with Gasteiger partial charge in [0.05, 0.1) is 11.4 Å². The first kappa shape index (κ1) is 16.5. The highest BCUT2D eigenvalue weighted by molar-refractivity contribution is 8.00. The molecule has 0 unspecified atom stereocenters. The summed E-state index contributed by atoms with van der Waals surface area (Å²) < 4.78 is 12.9. The van der Waals surface area contributed by atoms with Crippen molar-refractivity contribution in [3.05, 3.63) is 59.7 Å². The zero-order valence-corrected chi connectivity index (χ0v) is 14.2. The number of anilines is 2. The van der Waals surface area contributed by atoms with Crippen molar-refractivity contribution in [1.29, 1.82) is 0 Å². The molecule has 1 aromatic heterocycles. The Morgan fingerprint density at radius 1 is 1.21 bits per heavy atom. The van der Waals surface area contributed by atoms with E-state index < -0.39 is 0 Å². The van der Waals surface area contributed by atoms with E-state index in [0.717, 1.165) is 10.5 Å². The van der Waals surface area contributed by atoms with Crippen LogP contribution in [-0.2, 0) is 4.79 Å². The molecular weight excluding hydrogens is 345 g/mol. The molecule has 122 valence electrons. The molecule has 0 saturated carbocycles. The van der Waals surface area contributed by atoms with Gasteiger partial charge in [0.15, 0.2) is 5.13 Å². The third-order valence-electron chi connectivity index (χ3n) is 3.17. The molecule has 3 N–H and O–H groups in total. The number of nitrogen functional groups attached to an aromatic ring is 1. The zero-order valence-electron chi connectivity index (χ0n) is 12.5. The van der Waals surface area contributed by atoms with Gasteiger partial charge in [0.25, 0.3) is 0 Å². The van der Waals surface area contributed by atoms with Crippen LogP contribution in [0.3, 0.4) is 0 Å². The fraction of sp³-hybridized carbons (Fsp3) is 0.0588. The Bertz CT molecular complexity index is 849. The van der Waals surface area contributed by atoms with Gasteiger partial charge in [-0.25, -0.2) is 9.37 Å². The number of amides is 1. The number of hydrogen-bond donors (Lipinski definition) is 2. The number of halogens is 1. The molecule has 0 fully saturated rings. The summed E-state index contributed by atoms with van der Waals surface area (Å²) in [6.45, 7) is 0. The fourth-order valence-electron chi connectivity index (χ4n) is 2.00. The van der Waals surface area contributed by atoms with Crippen molar-refractivity contribution in [1.82, 2.24) is 4.98 Å². The summed E-state index contributed by atoms with van der Waals surface area (Å²) in [4.78, 5) is 17.3. The molecule has 2 aromatic carbocycles. The fourth-order valence-corrected chi connectivity index (χ4v) is 3.50. The van der Waals surface area contributed by atoms with Crippen LogP contribution in [-0.4, -0.2) is 16.6 Å². The highest BCUT2D eigenvalue weighted by Gasteiger charge is 2.09. The molecule has 1 amide bonds. The molecule has 3 aromatic rings. The number of thiazole rings is 1. The number of thioether (sulfide) groups is 1. The van der Waals surface area contributed by atoms with Crippen molar-refractivity contribution < 1.29 is 9.18 Å². The second-order valence-electron chi connectivity index (χ2n) is 4.92. The summed E-state index contributed by atoms with van der Waals surface area (Å²) >= 11 is 2.71. The van der Waals surface area contributed by atoms with Gasteiger partial charge in [-0.05, 0) is 36.4 Å². The molecule has 1 heterocycles. The summed E-state index contributed by atoms with van der Waals surface area (Å²) in [7, 11) is 0. The molecule has 0 aliphatic carbocycles. The zero-order chi connectivity index (χ0) is 16.9. The lowest BCUT2D eigenvalue weighted by Crippen LogP contribution is -2.13. The molecule has 4 nitrogen and oxygen atoms in total. The summed E-state index contributed by atoms with van der Waals surface area (Å²) in [5.74, 6) is -0.192. The number of aromatic nitrogens is 1. The standard InChI is InChI=1S/C17H14FN3OS2/c18-12-7-5-11(6-8-12)14-9-24-17(20-14)21-16(22)10-23-15-4-2-1-3-13(15)19/h1-9H,10,19H2,(H,20,21,22). The molecule has 0 saturated heterocycles. The number of rotatable bonds is 5. The van der Waals surface area contributed by atoms with Crippen molar-refractivity contribution in [2.24, 2.45) is 0 Å². The summed E-state index contributed by atoms with van der Waals surface area (Å²) in [6.07, 6.45) is 0. The number of nitrogens with zero attached hydrogens (tertiary/aromatic N) is 1. The van der Waals surface area contributed by atoms with E-state index in [0.29, 0.717) is 16.5 Å². The van der Waals surface area contributed by atoms with Crippen molar-refractivity contribution in [3.63, 3.8) is 0 Å². The molecule has 3 rings (SSSR count). The normalized spacial score (nSPS) is 10.5. The lowest BCUT2D eigenvalue weighted by Gasteiger charge is -2.04. The SMILES string of the molecule is Nc1ccccc1SCC(=O)Nc1nc(-c2ccc(F)cc2)cs1. The van der Waals surface area contributed by atoms with Crippen LogP contribution in [0, 0.1) is 5.82 Å². The van der Waals surface area contributed by atoms with Gasteiger partial charge in [-0.15, -0.1) is 23.1 Å². The van der Waals surface area contributed by atoms with E-state index in [2.05, 4.69) is 10.3 Å². The molecule has 24 heavy (non-hydrogen) atoms. The highest BCUT2D eigenvalue weighted by Crippen LogP contribution is 2.27. The number of carbonyl (C=O) groups is 1. The van der Waals surface area contributed by atoms with Gasteiger partial charge in [0.1, 0.15) is 5.82 Å².